The van der Waals surface area contributed by atoms with E-state index in [0.717, 1.165) is 10.8 Å². The molecule has 0 aliphatic rings. The van der Waals surface area contributed by atoms with Crippen LogP contribution in [0.25, 0.3) is 0 Å². The lowest BCUT2D eigenvalue weighted by atomic mass is 10.3. The van der Waals surface area contributed by atoms with Gasteiger partial charge in [-0.2, -0.15) is 0 Å². The summed E-state index contributed by atoms with van der Waals surface area (Å²) in [6.07, 6.45) is 0. The number of hydrogen-bond donors (Lipinski definition) is 2. The molecule has 0 fully saturated rings. The van der Waals surface area contributed by atoms with Crippen molar-refractivity contribution in [3.8, 4) is 0 Å². The molecule has 0 aliphatic carbocycles. The summed E-state index contributed by atoms with van der Waals surface area (Å²) in [5.41, 5.74) is 7.03. The van der Waals surface area contributed by atoms with Crippen LogP contribution in [0.1, 0.15) is 5.69 Å². The van der Waals surface area contributed by atoms with E-state index in [9.17, 15) is 0 Å². The van der Waals surface area contributed by atoms with E-state index in [2.05, 4.69) is 10.3 Å². The van der Waals surface area contributed by atoms with E-state index in [-0.39, 0.29) is 0 Å². The van der Waals surface area contributed by atoms with Crippen molar-refractivity contribution >= 4 is 51.0 Å². The molecular formula is C10H8ClN3S2. The predicted octanol–water partition coefficient (Wildman–Crippen LogP) is 3.17. The molecule has 82 valence electrons. The summed E-state index contributed by atoms with van der Waals surface area (Å²) in [6.45, 7) is 0. The fourth-order valence-corrected chi connectivity index (χ4v) is 2.14. The Balaban J connectivity index is 2.14. The lowest BCUT2D eigenvalue weighted by Crippen LogP contribution is -2.09. The number of nitrogens with one attached hydrogen (secondary N) is 1. The molecule has 0 radical (unpaired) electrons. The van der Waals surface area contributed by atoms with Crippen molar-refractivity contribution in [1.29, 1.82) is 0 Å². The first-order valence-electron chi connectivity index (χ1n) is 4.43. The zero-order chi connectivity index (χ0) is 11.5. The van der Waals surface area contributed by atoms with Gasteiger partial charge in [-0.1, -0.05) is 23.8 Å². The van der Waals surface area contributed by atoms with Crippen LogP contribution >= 0.6 is 35.2 Å². The number of anilines is 2. The molecule has 3 nitrogen and oxygen atoms in total. The maximum absolute atomic E-state index is 5.79. The van der Waals surface area contributed by atoms with Crippen LogP contribution in [0, 0.1) is 0 Å². The summed E-state index contributed by atoms with van der Waals surface area (Å²) in [5.74, 6) is 0. The summed E-state index contributed by atoms with van der Waals surface area (Å²) in [6, 6.07) is 7.38. The zero-order valence-corrected chi connectivity index (χ0v) is 10.5. The molecule has 0 saturated carbocycles. The van der Waals surface area contributed by atoms with Gasteiger partial charge in [-0.05, 0) is 24.3 Å². The fourth-order valence-electron chi connectivity index (χ4n) is 1.10. The first kappa shape index (κ1) is 11.3. The molecule has 3 N–H and O–H groups in total. The molecule has 0 unspecified atom stereocenters. The summed E-state index contributed by atoms with van der Waals surface area (Å²) >= 11 is 12.1. The van der Waals surface area contributed by atoms with Crippen LogP contribution in [-0.2, 0) is 0 Å². The number of nitrogens with zero attached hydrogens (tertiary/aromatic N) is 1. The van der Waals surface area contributed by atoms with Crippen LogP contribution in [0.4, 0.5) is 10.8 Å². The number of thiocarbonyl (C=S) groups is 1. The van der Waals surface area contributed by atoms with Crippen molar-refractivity contribution in [1.82, 2.24) is 4.98 Å². The van der Waals surface area contributed by atoms with Gasteiger partial charge in [-0.15, -0.1) is 11.3 Å². The van der Waals surface area contributed by atoms with Crippen LogP contribution in [0.2, 0.25) is 5.02 Å². The highest BCUT2D eigenvalue weighted by Crippen LogP contribution is 2.22. The van der Waals surface area contributed by atoms with Crippen molar-refractivity contribution < 1.29 is 0 Å². The minimum atomic E-state index is 0.306. The van der Waals surface area contributed by atoms with Crippen LogP contribution in [0.3, 0.4) is 0 Å². The van der Waals surface area contributed by atoms with Crippen molar-refractivity contribution in [2.24, 2.45) is 5.73 Å². The molecular weight excluding hydrogens is 262 g/mol. The third-order valence-electron chi connectivity index (χ3n) is 1.85. The largest absolute Gasteiger partial charge is 0.388 e. The monoisotopic (exact) mass is 269 g/mol. The topological polar surface area (TPSA) is 50.9 Å². The standard InChI is InChI=1S/C10H8ClN3S2/c11-6-1-3-7(4-2-6)13-10-14-8(5-16-10)9(12)15/h1-5H,(H2,12,15)(H,13,14). The fraction of sp³-hybridized carbons (Fsp3) is 0. The first-order valence-corrected chi connectivity index (χ1v) is 6.09. The van der Waals surface area contributed by atoms with E-state index in [1.54, 1.807) is 0 Å². The first-order chi connectivity index (χ1) is 7.65. The highest BCUT2D eigenvalue weighted by atomic mass is 35.5. The van der Waals surface area contributed by atoms with Gasteiger partial charge in [-0.25, -0.2) is 4.98 Å². The van der Waals surface area contributed by atoms with E-state index < -0.39 is 0 Å². The van der Waals surface area contributed by atoms with Crippen LogP contribution in [0.5, 0.6) is 0 Å². The van der Waals surface area contributed by atoms with Gasteiger partial charge < -0.3 is 11.1 Å². The molecule has 16 heavy (non-hydrogen) atoms. The van der Waals surface area contributed by atoms with Crippen molar-refractivity contribution in [3.63, 3.8) is 0 Å². The zero-order valence-electron chi connectivity index (χ0n) is 8.11. The molecule has 0 spiro atoms. The van der Waals surface area contributed by atoms with Crippen molar-refractivity contribution in [2.45, 2.75) is 0 Å². The molecule has 0 aliphatic heterocycles. The molecule has 0 atom stereocenters. The third-order valence-corrected chi connectivity index (χ3v) is 3.07. The van der Waals surface area contributed by atoms with Gasteiger partial charge in [-0.3, -0.25) is 0 Å². The molecule has 1 aromatic heterocycles. The molecule has 0 amide bonds. The highest BCUT2D eigenvalue weighted by Gasteiger charge is 2.03. The molecule has 1 heterocycles. The number of aromatic nitrogens is 1. The van der Waals surface area contributed by atoms with Gasteiger partial charge in [0.05, 0.1) is 0 Å². The number of nitrogens with two attached hydrogens (primary N) is 1. The summed E-state index contributed by atoms with van der Waals surface area (Å²) in [5, 5.41) is 6.42. The Labute approximate surface area is 107 Å². The Bertz CT molecular complexity index is 507. The molecule has 0 bridgehead atoms. The van der Waals surface area contributed by atoms with E-state index in [1.807, 2.05) is 29.6 Å². The smallest absolute Gasteiger partial charge is 0.187 e. The van der Waals surface area contributed by atoms with E-state index in [0.29, 0.717) is 15.7 Å². The molecule has 0 saturated heterocycles. The minimum Gasteiger partial charge on any atom is -0.388 e. The second kappa shape index (κ2) is 4.78. The Morgan fingerprint density at radius 2 is 2.06 bits per heavy atom. The second-order valence-electron chi connectivity index (χ2n) is 3.03. The Morgan fingerprint density at radius 1 is 1.38 bits per heavy atom. The van der Waals surface area contributed by atoms with E-state index in [4.69, 9.17) is 29.6 Å². The van der Waals surface area contributed by atoms with E-state index in [1.165, 1.54) is 11.3 Å². The Kier molecular flexibility index (Phi) is 3.38. The SMILES string of the molecule is NC(=S)c1csc(Nc2ccc(Cl)cc2)n1. The van der Waals surface area contributed by atoms with Crippen molar-refractivity contribution in [2.75, 3.05) is 5.32 Å². The highest BCUT2D eigenvalue weighted by molar-refractivity contribution is 7.80. The quantitative estimate of drug-likeness (QED) is 0.841. The number of thiazole rings is 1. The number of halogens is 1. The van der Waals surface area contributed by atoms with Gasteiger partial charge >= 0.3 is 0 Å². The minimum absolute atomic E-state index is 0.306. The van der Waals surface area contributed by atoms with E-state index >= 15 is 0 Å². The van der Waals surface area contributed by atoms with Gasteiger partial charge in [0.2, 0.25) is 0 Å². The molecule has 6 heteroatoms. The number of rotatable bonds is 3. The molecule has 1 aromatic carbocycles. The van der Waals surface area contributed by atoms with Gasteiger partial charge in [0.1, 0.15) is 10.7 Å². The second-order valence-corrected chi connectivity index (χ2v) is 4.77. The molecule has 2 rings (SSSR count). The van der Waals surface area contributed by atoms with Crippen molar-refractivity contribution in [3.05, 3.63) is 40.4 Å². The maximum Gasteiger partial charge on any atom is 0.187 e. The van der Waals surface area contributed by atoms with Crippen LogP contribution < -0.4 is 11.1 Å². The Morgan fingerprint density at radius 3 is 2.62 bits per heavy atom. The average molecular weight is 270 g/mol. The lowest BCUT2D eigenvalue weighted by Gasteiger charge is -2.01. The summed E-state index contributed by atoms with van der Waals surface area (Å²) in [4.78, 5) is 4.54. The Hall–Kier alpha value is -1.17. The van der Waals surface area contributed by atoms with Gasteiger partial charge in [0, 0.05) is 16.1 Å². The number of hydrogen-bond acceptors (Lipinski definition) is 4. The normalized spacial score (nSPS) is 10.1. The summed E-state index contributed by atoms with van der Waals surface area (Å²) in [7, 11) is 0. The van der Waals surface area contributed by atoms with Crippen LogP contribution in [0.15, 0.2) is 29.6 Å². The van der Waals surface area contributed by atoms with Gasteiger partial charge in [0.15, 0.2) is 5.13 Å². The third kappa shape index (κ3) is 2.69. The number of benzene rings is 1. The predicted molar refractivity (Wildman–Crippen MR) is 72.7 cm³/mol. The maximum atomic E-state index is 5.79. The van der Waals surface area contributed by atoms with Gasteiger partial charge in [0.25, 0.3) is 0 Å². The lowest BCUT2D eigenvalue weighted by molar-refractivity contribution is 1.36. The van der Waals surface area contributed by atoms with Crippen LogP contribution in [-0.4, -0.2) is 9.97 Å². The molecule has 2 aromatic rings. The average Bonchev–Trinajstić information content (AvgIpc) is 2.70. The summed E-state index contributed by atoms with van der Waals surface area (Å²) < 4.78 is 0.